The summed E-state index contributed by atoms with van der Waals surface area (Å²) in [6.45, 7) is 2.70. The highest BCUT2D eigenvalue weighted by Crippen LogP contribution is 2.12. The van der Waals surface area contributed by atoms with Crippen molar-refractivity contribution in [2.24, 2.45) is 0 Å². The summed E-state index contributed by atoms with van der Waals surface area (Å²) in [6, 6.07) is 2.39. The Hall–Kier alpha value is -2.38. The first-order valence-corrected chi connectivity index (χ1v) is 5.79. The predicted octanol–water partition coefficient (Wildman–Crippen LogP) is 0.586. The van der Waals surface area contributed by atoms with Gasteiger partial charge in [0.15, 0.2) is 0 Å². The van der Waals surface area contributed by atoms with Crippen LogP contribution >= 0.6 is 0 Å². The maximum Gasteiger partial charge on any atom is 0.324 e. The minimum absolute atomic E-state index is 0.0942. The van der Waals surface area contributed by atoms with E-state index < -0.39 is 0 Å². The molecule has 1 atom stereocenters. The van der Waals surface area contributed by atoms with Gasteiger partial charge in [0.25, 0.3) is 0 Å². The summed E-state index contributed by atoms with van der Waals surface area (Å²) in [4.78, 5) is 12.1. The molecule has 8 nitrogen and oxygen atoms in total. The first-order chi connectivity index (χ1) is 9.21. The second kappa shape index (κ2) is 5.98. The van der Waals surface area contributed by atoms with Crippen molar-refractivity contribution in [1.29, 1.82) is 0 Å². The van der Waals surface area contributed by atoms with E-state index in [2.05, 4.69) is 25.4 Å². The molecule has 0 radical (unpaired) electrons. The molecule has 102 valence electrons. The summed E-state index contributed by atoms with van der Waals surface area (Å²) in [5, 5.41) is 7.29. The smallest absolute Gasteiger partial charge is 0.324 e. The third kappa shape index (κ3) is 3.54. The van der Waals surface area contributed by atoms with Crippen LogP contribution in [0.15, 0.2) is 18.5 Å². The molecule has 1 N–H and O–H groups in total. The molecular formula is C11H16N6O2. The zero-order valence-corrected chi connectivity index (χ0v) is 11.1. The third-order valence-corrected chi connectivity index (χ3v) is 2.36. The molecule has 2 aromatic rings. The van der Waals surface area contributed by atoms with Gasteiger partial charge in [-0.2, -0.15) is 15.1 Å². The molecule has 0 aromatic carbocycles. The largest absolute Gasteiger partial charge is 0.467 e. The number of nitrogens with one attached hydrogen (secondary N) is 1. The summed E-state index contributed by atoms with van der Waals surface area (Å²) in [5.41, 5.74) is 0. The van der Waals surface area contributed by atoms with Crippen LogP contribution in [0.4, 0.5) is 5.95 Å². The van der Waals surface area contributed by atoms with Crippen molar-refractivity contribution in [3.05, 3.63) is 18.5 Å². The summed E-state index contributed by atoms with van der Waals surface area (Å²) in [6.07, 6.45) is 3.63. The maximum absolute atomic E-state index is 4.99. The molecule has 19 heavy (non-hydrogen) atoms. The fourth-order valence-corrected chi connectivity index (χ4v) is 1.54. The first kappa shape index (κ1) is 13.1. The summed E-state index contributed by atoms with van der Waals surface area (Å²) >= 11 is 0. The Morgan fingerprint density at radius 1 is 1.21 bits per heavy atom. The average Bonchev–Trinajstić information content (AvgIpc) is 2.90. The van der Waals surface area contributed by atoms with Gasteiger partial charge in [-0.05, 0) is 13.0 Å². The molecule has 0 saturated carbocycles. The predicted molar refractivity (Wildman–Crippen MR) is 68.2 cm³/mol. The molecule has 0 bridgehead atoms. The van der Waals surface area contributed by atoms with Gasteiger partial charge in [0.2, 0.25) is 5.95 Å². The summed E-state index contributed by atoms with van der Waals surface area (Å²) < 4.78 is 11.8. The molecule has 2 rings (SSSR count). The standard InChI is InChI=1S/C11H16N6O2/c1-8(7-17-6-4-5-12-17)13-9-14-10(18-2)16-11(15-9)19-3/h4-6,8H,7H2,1-3H3,(H,13,14,15,16). The van der Waals surface area contributed by atoms with Gasteiger partial charge in [-0.1, -0.05) is 0 Å². The minimum Gasteiger partial charge on any atom is -0.467 e. The van der Waals surface area contributed by atoms with E-state index in [0.717, 1.165) is 0 Å². The Labute approximate surface area is 110 Å². The van der Waals surface area contributed by atoms with Gasteiger partial charge < -0.3 is 14.8 Å². The van der Waals surface area contributed by atoms with E-state index >= 15 is 0 Å². The van der Waals surface area contributed by atoms with E-state index in [0.29, 0.717) is 12.5 Å². The van der Waals surface area contributed by atoms with E-state index in [-0.39, 0.29) is 18.1 Å². The molecule has 2 aromatic heterocycles. The average molecular weight is 264 g/mol. The second-order valence-corrected chi connectivity index (χ2v) is 3.91. The lowest BCUT2D eigenvalue weighted by Gasteiger charge is -2.14. The van der Waals surface area contributed by atoms with Crippen LogP contribution in [0.25, 0.3) is 0 Å². The zero-order chi connectivity index (χ0) is 13.7. The third-order valence-electron chi connectivity index (χ3n) is 2.36. The number of anilines is 1. The van der Waals surface area contributed by atoms with Gasteiger partial charge in [0.1, 0.15) is 0 Å². The van der Waals surface area contributed by atoms with Crippen LogP contribution in [-0.4, -0.2) is 45.0 Å². The Bertz CT molecular complexity index is 494. The molecule has 0 spiro atoms. The topological polar surface area (TPSA) is 87.0 Å². The molecule has 0 aliphatic carbocycles. The van der Waals surface area contributed by atoms with Crippen LogP contribution in [0.3, 0.4) is 0 Å². The quantitative estimate of drug-likeness (QED) is 0.816. The first-order valence-electron chi connectivity index (χ1n) is 5.79. The highest BCUT2D eigenvalue weighted by molar-refractivity contribution is 5.28. The van der Waals surface area contributed by atoms with E-state index in [1.807, 2.05) is 23.9 Å². The lowest BCUT2D eigenvalue weighted by Crippen LogP contribution is -2.23. The van der Waals surface area contributed by atoms with E-state index in [4.69, 9.17) is 9.47 Å². The number of hydrogen-bond donors (Lipinski definition) is 1. The lowest BCUT2D eigenvalue weighted by molar-refractivity contribution is 0.340. The van der Waals surface area contributed by atoms with Gasteiger partial charge >= 0.3 is 12.0 Å². The Balaban J connectivity index is 2.05. The monoisotopic (exact) mass is 264 g/mol. The highest BCUT2D eigenvalue weighted by Gasteiger charge is 2.10. The van der Waals surface area contributed by atoms with Crippen molar-refractivity contribution in [3.63, 3.8) is 0 Å². The number of ether oxygens (including phenoxy) is 2. The van der Waals surface area contributed by atoms with E-state index in [9.17, 15) is 0 Å². The Kier molecular flexibility index (Phi) is 4.11. The second-order valence-electron chi connectivity index (χ2n) is 3.91. The molecular weight excluding hydrogens is 248 g/mol. The Morgan fingerprint density at radius 2 is 1.89 bits per heavy atom. The fourth-order valence-electron chi connectivity index (χ4n) is 1.54. The minimum atomic E-state index is 0.0942. The van der Waals surface area contributed by atoms with Crippen LogP contribution in [0.5, 0.6) is 12.0 Å². The van der Waals surface area contributed by atoms with Crippen LogP contribution in [-0.2, 0) is 6.54 Å². The number of methoxy groups -OCH3 is 2. The van der Waals surface area contributed by atoms with Crippen molar-refractivity contribution in [3.8, 4) is 12.0 Å². The van der Waals surface area contributed by atoms with Crippen molar-refractivity contribution < 1.29 is 9.47 Å². The van der Waals surface area contributed by atoms with Crippen LogP contribution in [0, 0.1) is 0 Å². The Morgan fingerprint density at radius 3 is 2.42 bits per heavy atom. The van der Waals surface area contributed by atoms with Crippen molar-refractivity contribution in [2.45, 2.75) is 19.5 Å². The van der Waals surface area contributed by atoms with Gasteiger partial charge in [-0.3, -0.25) is 4.68 Å². The van der Waals surface area contributed by atoms with Crippen LogP contribution in [0.2, 0.25) is 0 Å². The van der Waals surface area contributed by atoms with Gasteiger partial charge in [-0.15, -0.1) is 4.98 Å². The SMILES string of the molecule is COc1nc(NC(C)Cn2cccn2)nc(OC)n1. The number of hydrogen-bond acceptors (Lipinski definition) is 7. The molecule has 1 unspecified atom stereocenters. The lowest BCUT2D eigenvalue weighted by atomic mass is 10.3. The van der Waals surface area contributed by atoms with Crippen molar-refractivity contribution in [1.82, 2.24) is 24.7 Å². The van der Waals surface area contributed by atoms with Gasteiger partial charge in [-0.25, -0.2) is 0 Å². The van der Waals surface area contributed by atoms with Crippen molar-refractivity contribution in [2.75, 3.05) is 19.5 Å². The van der Waals surface area contributed by atoms with Crippen molar-refractivity contribution >= 4 is 5.95 Å². The summed E-state index contributed by atoms with van der Waals surface area (Å²) in [5.74, 6) is 0.406. The number of aromatic nitrogens is 5. The maximum atomic E-state index is 4.99. The molecule has 0 fully saturated rings. The molecule has 8 heteroatoms. The van der Waals surface area contributed by atoms with Crippen LogP contribution in [0.1, 0.15) is 6.92 Å². The normalized spacial score (nSPS) is 11.9. The van der Waals surface area contributed by atoms with E-state index in [1.54, 1.807) is 6.20 Å². The number of nitrogens with zero attached hydrogens (tertiary/aromatic N) is 5. The van der Waals surface area contributed by atoms with E-state index in [1.165, 1.54) is 14.2 Å². The molecule has 0 saturated heterocycles. The van der Waals surface area contributed by atoms with Crippen LogP contribution < -0.4 is 14.8 Å². The van der Waals surface area contributed by atoms with Gasteiger partial charge in [0, 0.05) is 18.4 Å². The summed E-state index contributed by atoms with van der Waals surface area (Å²) in [7, 11) is 2.98. The molecule has 0 aliphatic rings. The molecule has 0 amide bonds. The van der Waals surface area contributed by atoms with Gasteiger partial charge in [0.05, 0.1) is 20.8 Å². The fraction of sp³-hybridized carbons (Fsp3) is 0.455. The number of rotatable bonds is 6. The molecule has 0 aliphatic heterocycles. The molecule has 2 heterocycles. The highest BCUT2D eigenvalue weighted by atomic mass is 16.5. The zero-order valence-electron chi connectivity index (χ0n) is 11.1.